The van der Waals surface area contributed by atoms with Gasteiger partial charge in [-0.2, -0.15) is 8.42 Å². The number of hydrogen-bond donors (Lipinski definition) is 2. The zero-order valence-electron chi connectivity index (χ0n) is 18.7. The molecule has 2 saturated heterocycles. The standard InChI is InChI=1S/C24H32FN4O3S/c25-20-5-9-23(10-6-20)33(31,32)29(17-1-2-18-29)24(30)28-15-12-22(13-16-28)27-21-7-3-19(4-8-21)11-14-26/h3-10,22,27H,1-2,11-18,26H2/q+1. The lowest BCUT2D eigenvalue weighted by molar-refractivity contribution is -0.711. The van der Waals surface area contributed by atoms with Crippen LogP contribution in [-0.2, 0) is 16.4 Å². The maximum atomic E-state index is 13.6. The number of benzene rings is 2. The van der Waals surface area contributed by atoms with Gasteiger partial charge >= 0.3 is 16.1 Å². The Morgan fingerprint density at radius 2 is 1.64 bits per heavy atom. The summed E-state index contributed by atoms with van der Waals surface area (Å²) < 4.78 is 39.8. The van der Waals surface area contributed by atoms with Gasteiger partial charge in [0, 0.05) is 37.7 Å². The number of piperidine rings is 1. The van der Waals surface area contributed by atoms with Crippen LogP contribution in [0.1, 0.15) is 31.2 Å². The molecule has 0 atom stereocenters. The normalized spacial score (nSPS) is 18.9. The SMILES string of the molecule is NCCc1ccc(NC2CCN(C(=O)[N+]3(S(=O)(=O)c4ccc(F)cc4)CCCC3)CC2)cc1. The predicted molar refractivity (Wildman–Crippen MR) is 126 cm³/mol. The molecule has 2 aromatic carbocycles. The Balaban J connectivity index is 1.43. The lowest BCUT2D eigenvalue weighted by Gasteiger charge is -2.38. The number of sulfonamides is 1. The maximum absolute atomic E-state index is 13.6. The molecule has 2 aliphatic heterocycles. The number of nitrogens with two attached hydrogens (primary N) is 1. The van der Waals surface area contributed by atoms with Crippen molar-refractivity contribution >= 4 is 21.7 Å². The third kappa shape index (κ3) is 4.76. The van der Waals surface area contributed by atoms with E-state index in [2.05, 4.69) is 17.4 Å². The number of nitrogens with zero attached hydrogens (tertiary/aromatic N) is 2. The van der Waals surface area contributed by atoms with E-state index in [0.29, 0.717) is 32.5 Å². The summed E-state index contributed by atoms with van der Waals surface area (Å²) in [5, 5.41) is 3.52. The minimum absolute atomic E-state index is 0.00575. The topological polar surface area (TPSA) is 92.5 Å². The van der Waals surface area contributed by atoms with Crippen LogP contribution in [0.2, 0.25) is 0 Å². The van der Waals surface area contributed by atoms with Gasteiger partial charge in [-0.1, -0.05) is 12.1 Å². The van der Waals surface area contributed by atoms with Crippen molar-refractivity contribution < 1.29 is 21.5 Å². The molecule has 9 heteroatoms. The van der Waals surface area contributed by atoms with Gasteiger partial charge < -0.3 is 11.1 Å². The Labute approximate surface area is 195 Å². The number of rotatable bonds is 6. The van der Waals surface area contributed by atoms with Gasteiger partial charge in [-0.25, -0.2) is 9.18 Å². The van der Waals surface area contributed by atoms with E-state index >= 15 is 0 Å². The summed E-state index contributed by atoms with van der Waals surface area (Å²) in [6, 6.07) is 12.8. The lowest BCUT2D eigenvalue weighted by atomic mass is 10.0. The molecular formula is C24H32FN4O3S+. The number of amides is 2. The van der Waals surface area contributed by atoms with Gasteiger partial charge in [0.2, 0.25) is 0 Å². The average molecular weight is 476 g/mol. The van der Waals surface area contributed by atoms with Gasteiger partial charge in [0.1, 0.15) is 23.8 Å². The van der Waals surface area contributed by atoms with Crippen molar-refractivity contribution in [2.75, 3.05) is 38.0 Å². The third-order valence-corrected chi connectivity index (χ3v) is 9.04. The number of nitrogens with one attached hydrogen (secondary N) is 1. The van der Waals surface area contributed by atoms with E-state index in [-0.39, 0.29) is 30.1 Å². The highest BCUT2D eigenvalue weighted by Gasteiger charge is 2.54. The number of urea groups is 1. The van der Waals surface area contributed by atoms with Crippen molar-refractivity contribution in [3.63, 3.8) is 0 Å². The van der Waals surface area contributed by atoms with Gasteiger partial charge in [-0.3, -0.25) is 4.90 Å². The Kier molecular flexibility index (Phi) is 7.02. The number of quaternary nitrogens is 1. The molecule has 0 aromatic heterocycles. The number of anilines is 1. The largest absolute Gasteiger partial charge is 0.434 e. The quantitative estimate of drug-likeness (QED) is 0.626. The number of hydrogen-bond acceptors (Lipinski definition) is 5. The molecular weight excluding hydrogens is 443 g/mol. The van der Waals surface area contributed by atoms with E-state index < -0.39 is 19.7 Å². The molecule has 0 radical (unpaired) electrons. The average Bonchev–Trinajstić information content (AvgIpc) is 3.33. The minimum Gasteiger partial charge on any atom is -0.382 e. The van der Waals surface area contributed by atoms with Crippen LogP contribution in [-0.4, -0.2) is 62.0 Å². The first-order chi connectivity index (χ1) is 15.9. The van der Waals surface area contributed by atoms with E-state index in [9.17, 15) is 17.6 Å². The molecule has 3 N–H and O–H groups in total. The molecule has 0 spiro atoms. The van der Waals surface area contributed by atoms with Crippen molar-refractivity contribution in [1.82, 2.24) is 4.90 Å². The van der Waals surface area contributed by atoms with E-state index in [4.69, 9.17) is 5.73 Å². The second-order valence-corrected chi connectivity index (χ2v) is 11.0. The van der Waals surface area contributed by atoms with Gasteiger partial charge in [0.25, 0.3) is 0 Å². The van der Waals surface area contributed by atoms with Gasteiger partial charge in [0.15, 0.2) is 0 Å². The fraction of sp³-hybridized carbons (Fsp3) is 0.458. The van der Waals surface area contributed by atoms with Crippen LogP contribution in [0.25, 0.3) is 0 Å². The summed E-state index contributed by atoms with van der Waals surface area (Å²) in [4.78, 5) is 15.3. The molecule has 4 rings (SSSR count). The summed E-state index contributed by atoms with van der Waals surface area (Å²) in [7, 11) is -3.98. The summed E-state index contributed by atoms with van der Waals surface area (Å²) >= 11 is 0. The predicted octanol–water partition coefficient (Wildman–Crippen LogP) is 3.32. The van der Waals surface area contributed by atoms with Crippen LogP contribution in [0.5, 0.6) is 0 Å². The smallest absolute Gasteiger partial charge is 0.382 e. The Morgan fingerprint density at radius 1 is 1.03 bits per heavy atom. The highest BCUT2D eigenvalue weighted by atomic mass is 32.2. The molecule has 0 unspecified atom stereocenters. The first kappa shape index (κ1) is 23.7. The Hall–Kier alpha value is -2.49. The number of likely N-dealkylation sites (tertiary alicyclic amines) is 2. The number of halogens is 1. The monoisotopic (exact) mass is 475 g/mol. The van der Waals surface area contributed by atoms with Crippen LogP contribution in [0.15, 0.2) is 53.4 Å². The lowest BCUT2D eigenvalue weighted by Crippen LogP contribution is -2.61. The second-order valence-electron chi connectivity index (χ2n) is 8.90. The third-order valence-electron chi connectivity index (χ3n) is 6.73. The molecule has 0 aliphatic carbocycles. The maximum Gasteiger partial charge on any atom is 0.434 e. The second kappa shape index (κ2) is 9.79. The molecule has 2 aliphatic rings. The molecule has 2 amide bonds. The highest BCUT2D eigenvalue weighted by Crippen LogP contribution is 2.33. The van der Waals surface area contributed by atoms with Crippen molar-refractivity contribution in [2.24, 2.45) is 5.73 Å². The van der Waals surface area contributed by atoms with Crippen LogP contribution >= 0.6 is 0 Å². The molecule has 33 heavy (non-hydrogen) atoms. The van der Waals surface area contributed by atoms with Gasteiger partial charge in [0.05, 0.1) is 0 Å². The fourth-order valence-corrected chi connectivity index (χ4v) is 6.78. The van der Waals surface area contributed by atoms with Crippen molar-refractivity contribution in [2.45, 2.75) is 43.0 Å². The Morgan fingerprint density at radius 3 is 2.21 bits per heavy atom. The Bertz CT molecular complexity index is 1060. The zero-order valence-corrected chi connectivity index (χ0v) is 19.6. The van der Waals surface area contributed by atoms with Crippen molar-refractivity contribution in [3.8, 4) is 0 Å². The van der Waals surface area contributed by atoms with Crippen molar-refractivity contribution in [3.05, 3.63) is 59.9 Å². The zero-order chi connectivity index (χ0) is 23.5. The van der Waals surface area contributed by atoms with Gasteiger partial charge in [-0.15, -0.1) is 3.89 Å². The van der Waals surface area contributed by atoms with E-state index in [0.717, 1.165) is 37.1 Å². The highest BCUT2D eigenvalue weighted by molar-refractivity contribution is 7.86. The number of carbonyl (C=O) groups excluding carboxylic acids is 1. The number of carbonyl (C=O) groups is 1. The van der Waals surface area contributed by atoms with Crippen LogP contribution in [0, 0.1) is 5.82 Å². The van der Waals surface area contributed by atoms with Crippen LogP contribution < -0.4 is 11.1 Å². The summed E-state index contributed by atoms with van der Waals surface area (Å²) in [6.07, 6.45) is 3.68. The summed E-state index contributed by atoms with van der Waals surface area (Å²) in [5.41, 5.74) is 7.83. The molecule has 2 fully saturated rings. The molecule has 2 heterocycles. The summed E-state index contributed by atoms with van der Waals surface area (Å²) in [5.74, 6) is -0.503. The molecule has 0 saturated carbocycles. The fourth-order valence-electron chi connectivity index (χ4n) is 4.83. The molecule has 178 valence electrons. The first-order valence-electron chi connectivity index (χ1n) is 11.6. The van der Waals surface area contributed by atoms with Crippen LogP contribution in [0.4, 0.5) is 14.9 Å². The van der Waals surface area contributed by atoms with E-state index in [1.807, 2.05) is 12.1 Å². The summed E-state index contributed by atoms with van der Waals surface area (Å²) in [6.45, 7) is 2.13. The minimum atomic E-state index is -3.98. The van der Waals surface area contributed by atoms with Crippen LogP contribution in [0.3, 0.4) is 0 Å². The van der Waals surface area contributed by atoms with Crippen molar-refractivity contribution in [1.29, 1.82) is 0 Å². The van der Waals surface area contributed by atoms with E-state index in [1.54, 1.807) is 4.90 Å². The first-order valence-corrected chi connectivity index (χ1v) is 13.0. The molecule has 7 nitrogen and oxygen atoms in total. The molecule has 2 aromatic rings. The molecule has 0 bridgehead atoms. The van der Waals surface area contributed by atoms with E-state index in [1.165, 1.54) is 17.7 Å². The van der Waals surface area contributed by atoms with Gasteiger partial charge in [-0.05, 0) is 67.8 Å².